The molecule has 0 aliphatic heterocycles. The Morgan fingerprint density at radius 2 is 1.54 bits per heavy atom. The van der Waals surface area contributed by atoms with E-state index in [-0.39, 0.29) is 6.04 Å². The highest BCUT2D eigenvalue weighted by atomic mass is 32.2. The van der Waals surface area contributed by atoms with Gasteiger partial charge in [-0.15, -0.1) is 0 Å². The summed E-state index contributed by atoms with van der Waals surface area (Å²) in [5, 5.41) is 0. The first-order valence-electron chi connectivity index (χ1n) is 4.61. The maximum Gasteiger partial charge on any atom is 0.281 e. The Bertz CT molecular complexity index is 255. The van der Waals surface area contributed by atoms with E-state index in [1.807, 2.05) is 0 Å². The van der Waals surface area contributed by atoms with Gasteiger partial charge in [-0.2, -0.15) is 17.0 Å². The fraction of sp³-hybridized carbons (Fsp3) is 1.00. The Balaban J connectivity index is 2.71. The standard InChI is InChI=1S/C8H18N2O2S/c1-9(2)13(11,12)10(3)8-6-4-5-7-8/h8H,4-7H2,1-3H3. The topological polar surface area (TPSA) is 40.6 Å². The van der Waals surface area contributed by atoms with E-state index in [4.69, 9.17) is 0 Å². The van der Waals surface area contributed by atoms with Crippen molar-refractivity contribution in [3.05, 3.63) is 0 Å². The average molecular weight is 206 g/mol. The maximum atomic E-state index is 11.7. The van der Waals surface area contributed by atoms with Crippen LogP contribution in [0.15, 0.2) is 0 Å². The average Bonchev–Trinajstić information content (AvgIpc) is 2.54. The third kappa shape index (κ3) is 2.21. The van der Waals surface area contributed by atoms with Gasteiger partial charge in [0.15, 0.2) is 0 Å². The Morgan fingerprint density at radius 3 is 1.92 bits per heavy atom. The molecule has 0 aromatic rings. The molecule has 1 saturated carbocycles. The third-order valence-corrected chi connectivity index (χ3v) is 4.61. The van der Waals surface area contributed by atoms with Crippen LogP contribution in [-0.2, 0) is 10.2 Å². The minimum absolute atomic E-state index is 0.215. The summed E-state index contributed by atoms with van der Waals surface area (Å²) >= 11 is 0. The van der Waals surface area contributed by atoms with Crippen LogP contribution in [-0.4, -0.2) is 44.2 Å². The SMILES string of the molecule is CN(C)S(=O)(=O)N(C)C1CCCC1. The summed E-state index contributed by atoms with van der Waals surface area (Å²) in [6.07, 6.45) is 4.31. The highest BCUT2D eigenvalue weighted by Crippen LogP contribution is 2.24. The second-order valence-corrected chi connectivity index (χ2v) is 5.95. The zero-order chi connectivity index (χ0) is 10.1. The number of rotatable bonds is 3. The predicted molar refractivity (Wildman–Crippen MR) is 52.6 cm³/mol. The van der Waals surface area contributed by atoms with Crippen molar-refractivity contribution in [2.45, 2.75) is 31.7 Å². The molecule has 0 bridgehead atoms. The molecule has 1 rings (SSSR count). The molecule has 0 N–H and O–H groups in total. The first kappa shape index (κ1) is 10.9. The van der Waals surface area contributed by atoms with E-state index < -0.39 is 10.2 Å². The van der Waals surface area contributed by atoms with Gasteiger partial charge in [0.05, 0.1) is 0 Å². The van der Waals surface area contributed by atoms with Crippen molar-refractivity contribution in [1.82, 2.24) is 8.61 Å². The number of hydrogen-bond donors (Lipinski definition) is 0. The first-order valence-corrected chi connectivity index (χ1v) is 6.01. The smallest absolute Gasteiger partial charge is 0.195 e. The molecule has 1 aliphatic rings. The summed E-state index contributed by atoms with van der Waals surface area (Å²) in [7, 11) is 1.62. The van der Waals surface area contributed by atoms with Crippen LogP contribution in [0.1, 0.15) is 25.7 Å². The Labute approximate surface area is 80.7 Å². The lowest BCUT2D eigenvalue weighted by molar-refractivity contribution is 0.345. The number of nitrogens with zero attached hydrogens (tertiary/aromatic N) is 2. The lowest BCUT2D eigenvalue weighted by Crippen LogP contribution is -2.42. The van der Waals surface area contributed by atoms with Gasteiger partial charge in [-0.05, 0) is 12.8 Å². The second kappa shape index (κ2) is 3.94. The van der Waals surface area contributed by atoms with Gasteiger partial charge in [-0.3, -0.25) is 0 Å². The summed E-state index contributed by atoms with van der Waals surface area (Å²) in [6.45, 7) is 0. The third-order valence-electron chi connectivity index (χ3n) is 2.66. The van der Waals surface area contributed by atoms with Crippen LogP contribution in [0.25, 0.3) is 0 Å². The largest absolute Gasteiger partial charge is 0.281 e. The quantitative estimate of drug-likeness (QED) is 0.681. The van der Waals surface area contributed by atoms with Gasteiger partial charge in [-0.1, -0.05) is 12.8 Å². The van der Waals surface area contributed by atoms with Gasteiger partial charge in [0.25, 0.3) is 10.2 Å². The molecule has 0 amide bonds. The summed E-state index contributed by atoms with van der Waals surface area (Å²) in [6, 6.07) is 0.215. The fourth-order valence-electron chi connectivity index (χ4n) is 1.71. The maximum absolute atomic E-state index is 11.7. The van der Waals surface area contributed by atoms with Crippen LogP contribution in [0.4, 0.5) is 0 Å². The molecule has 0 atom stereocenters. The van der Waals surface area contributed by atoms with E-state index >= 15 is 0 Å². The molecule has 0 spiro atoms. The second-order valence-electron chi connectivity index (χ2n) is 3.74. The highest BCUT2D eigenvalue weighted by molar-refractivity contribution is 7.86. The Morgan fingerprint density at radius 1 is 1.08 bits per heavy atom. The van der Waals surface area contributed by atoms with Crippen molar-refractivity contribution in [2.75, 3.05) is 21.1 Å². The number of hydrogen-bond acceptors (Lipinski definition) is 2. The lowest BCUT2D eigenvalue weighted by Gasteiger charge is -2.26. The van der Waals surface area contributed by atoms with Crippen LogP contribution in [0.2, 0.25) is 0 Å². The molecule has 78 valence electrons. The van der Waals surface area contributed by atoms with Gasteiger partial charge in [-0.25, -0.2) is 0 Å². The molecule has 1 fully saturated rings. The predicted octanol–water partition coefficient (Wildman–Crippen LogP) is 0.667. The van der Waals surface area contributed by atoms with E-state index in [0.717, 1.165) is 25.7 Å². The molecule has 0 aromatic carbocycles. The van der Waals surface area contributed by atoms with Gasteiger partial charge in [0.1, 0.15) is 0 Å². The van der Waals surface area contributed by atoms with Crippen LogP contribution < -0.4 is 0 Å². The molecule has 0 heterocycles. The van der Waals surface area contributed by atoms with Gasteiger partial charge in [0, 0.05) is 27.2 Å². The van der Waals surface area contributed by atoms with Crippen molar-refractivity contribution in [1.29, 1.82) is 0 Å². The van der Waals surface area contributed by atoms with E-state index in [1.165, 1.54) is 8.61 Å². The van der Waals surface area contributed by atoms with Crippen molar-refractivity contribution in [3.63, 3.8) is 0 Å². The molecule has 5 heteroatoms. The lowest BCUT2D eigenvalue weighted by atomic mass is 10.3. The minimum atomic E-state index is -3.19. The van der Waals surface area contributed by atoms with E-state index in [0.29, 0.717) is 0 Å². The van der Waals surface area contributed by atoms with Crippen molar-refractivity contribution in [3.8, 4) is 0 Å². The van der Waals surface area contributed by atoms with Gasteiger partial charge in [0.2, 0.25) is 0 Å². The van der Waals surface area contributed by atoms with Crippen LogP contribution in [0.5, 0.6) is 0 Å². The van der Waals surface area contributed by atoms with E-state index in [2.05, 4.69) is 0 Å². The molecule has 0 radical (unpaired) electrons. The molecule has 0 aromatic heterocycles. The highest BCUT2D eigenvalue weighted by Gasteiger charge is 2.29. The van der Waals surface area contributed by atoms with Gasteiger partial charge >= 0.3 is 0 Å². The van der Waals surface area contributed by atoms with Gasteiger partial charge < -0.3 is 0 Å². The minimum Gasteiger partial charge on any atom is -0.195 e. The molecule has 4 nitrogen and oxygen atoms in total. The fourth-order valence-corrected chi connectivity index (χ4v) is 2.82. The summed E-state index contributed by atoms with van der Waals surface area (Å²) in [5.41, 5.74) is 0. The van der Waals surface area contributed by atoms with Crippen LogP contribution >= 0.6 is 0 Å². The van der Waals surface area contributed by atoms with Crippen molar-refractivity contribution in [2.24, 2.45) is 0 Å². The Hall–Kier alpha value is -0.130. The molecule has 13 heavy (non-hydrogen) atoms. The zero-order valence-corrected chi connectivity index (χ0v) is 9.34. The van der Waals surface area contributed by atoms with Crippen LogP contribution in [0, 0.1) is 0 Å². The monoisotopic (exact) mass is 206 g/mol. The molecule has 0 saturated heterocycles. The van der Waals surface area contributed by atoms with E-state index in [9.17, 15) is 8.42 Å². The summed E-state index contributed by atoms with van der Waals surface area (Å²) < 4.78 is 26.1. The van der Waals surface area contributed by atoms with E-state index in [1.54, 1.807) is 21.1 Å². The normalized spacial score (nSPS) is 20.4. The molecular formula is C8H18N2O2S. The Kier molecular flexibility index (Phi) is 3.32. The molecule has 0 unspecified atom stereocenters. The summed E-state index contributed by atoms with van der Waals surface area (Å²) in [4.78, 5) is 0. The van der Waals surface area contributed by atoms with Crippen molar-refractivity contribution >= 4 is 10.2 Å². The first-order chi connectivity index (χ1) is 5.96. The molecule has 1 aliphatic carbocycles. The zero-order valence-electron chi connectivity index (χ0n) is 8.52. The van der Waals surface area contributed by atoms with Crippen molar-refractivity contribution < 1.29 is 8.42 Å². The summed E-state index contributed by atoms with van der Waals surface area (Å²) in [5.74, 6) is 0. The molecular weight excluding hydrogens is 188 g/mol. The van der Waals surface area contributed by atoms with Crippen LogP contribution in [0.3, 0.4) is 0 Å².